The molecule has 0 saturated heterocycles. The summed E-state index contributed by atoms with van der Waals surface area (Å²) in [4.78, 5) is 32.7. The van der Waals surface area contributed by atoms with E-state index in [9.17, 15) is 24.1 Å². The van der Waals surface area contributed by atoms with E-state index >= 15 is 0 Å². The van der Waals surface area contributed by atoms with Gasteiger partial charge in [-0.2, -0.15) is 4.39 Å². The highest BCUT2D eigenvalue weighted by Crippen LogP contribution is 2.20. The molecule has 0 aliphatic heterocycles. The fourth-order valence-electron chi connectivity index (χ4n) is 2.10. The van der Waals surface area contributed by atoms with E-state index in [1.54, 1.807) is 12.1 Å². The van der Waals surface area contributed by atoms with Gasteiger partial charge in [-0.15, -0.1) is 0 Å². The molecule has 2 aromatic carbocycles. The third-order valence-electron chi connectivity index (χ3n) is 3.40. The number of carboxylic acid groups (broad SMARTS) is 1. The van der Waals surface area contributed by atoms with Crippen LogP contribution >= 0.6 is 0 Å². The van der Waals surface area contributed by atoms with Gasteiger partial charge in [-0.25, -0.2) is 0 Å². The lowest BCUT2D eigenvalue weighted by atomic mass is 9.99. The normalized spacial score (nSPS) is 11.8. The van der Waals surface area contributed by atoms with E-state index in [-0.39, 0.29) is 17.5 Å². The minimum atomic E-state index is -1.13. The van der Waals surface area contributed by atoms with Crippen LogP contribution in [0, 0.1) is 15.9 Å². The second kappa shape index (κ2) is 6.97. The zero-order valence-electron chi connectivity index (χ0n) is 12.3. The Balaban J connectivity index is 2.20. The van der Waals surface area contributed by atoms with Crippen molar-refractivity contribution in [3.63, 3.8) is 0 Å². The van der Waals surface area contributed by atoms with Crippen molar-refractivity contribution in [1.82, 2.24) is 0 Å². The maximum Gasteiger partial charge on any atom is 0.320 e. The van der Waals surface area contributed by atoms with Crippen molar-refractivity contribution in [1.29, 1.82) is 0 Å². The lowest BCUT2D eigenvalue weighted by Crippen LogP contribution is -2.32. The first-order chi connectivity index (χ1) is 11.3. The number of ketones is 1. The molecule has 0 spiro atoms. The number of carbonyl (C=O) groups is 2. The van der Waals surface area contributed by atoms with Crippen molar-refractivity contribution in [2.75, 3.05) is 0 Å². The Bertz CT molecular complexity index is 805. The minimum Gasteiger partial charge on any atom is -0.480 e. The zero-order chi connectivity index (χ0) is 17.9. The number of nitrogens with two attached hydrogens (primary N) is 1. The van der Waals surface area contributed by atoms with Crippen LogP contribution in [0.25, 0.3) is 0 Å². The van der Waals surface area contributed by atoms with Crippen LogP contribution in [-0.4, -0.2) is 27.8 Å². The Labute approximate surface area is 135 Å². The number of hydrogen-bond acceptors (Lipinski definition) is 5. The molecule has 0 saturated carbocycles. The molecule has 0 radical (unpaired) electrons. The number of carboxylic acids is 1. The van der Waals surface area contributed by atoms with Gasteiger partial charge in [-0.05, 0) is 24.1 Å². The van der Waals surface area contributed by atoms with Crippen molar-refractivity contribution in [2.24, 2.45) is 5.73 Å². The Kier molecular flexibility index (Phi) is 5.00. The largest absolute Gasteiger partial charge is 0.480 e. The van der Waals surface area contributed by atoms with Crippen molar-refractivity contribution in [3.8, 4) is 0 Å². The molecular weight excluding hydrogens is 319 g/mol. The first-order valence-corrected chi connectivity index (χ1v) is 6.85. The second-order valence-corrected chi connectivity index (χ2v) is 5.10. The molecule has 2 aromatic rings. The molecule has 0 aliphatic rings. The summed E-state index contributed by atoms with van der Waals surface area (Å²) in [7, 11) is 0. The van der Waals surface area contributed by atoms with Crippen molar-refractivity contribution < 1.29 is 24.0 Å². The number of rotatable bonds is 6. The maximum atomic E-state index is 13.6. The highest BCUT2D eigenvalue weighted by molar-refractivity contribution is 6.09. The predicted molar refractivity (Wildman–Crippen MR) is 82.2 cm³/mol. The summed E-state index contributed by atoms with van der Waals surface area (Å²) in [5.74, 6) is -2.72. The summed E-state index contributed by atoms with van der Waals surface area (Å²) in [6, 6.07) is 7.91. The zero-order valence-corrected chi connectivity index (χ0v) is 12.3. The minimum absolute atomic E-state index is 0.0203. The van der Waals surface area contributed by atoms with Crippen molar-refractivity contribution in [3.05, 3.63) is 75.1 Å². The van der Waals surface area contributed by atoms with Gasteiger partial charge in [-0.1, -0.05) is 24.3 Å². The van der Waals surface area contributed by atoms with E-state index in [4.69, 9.17) is 10.8 Å². The van der Waals surface area contributed by atoms with Crippen LogP contribution < -0.4 is 5.73 Å². The fraction of sp³-hybridized carbons (Fsp3) is 0.125. The van der Waals surface area contributed by atoms with Crippen LogP contribution in [0.4, 0.5) is 10.1 Å². The highest BCUT2D eigenvalue weighted by atomic mass is 19.1. The number of hydrogen-bond donors (Lipinski definition) is 2. The van der Waals surface area contributed by atoms with Gasteiger partial charge < -0.3 is 10.8 Å². The lowest BCUT2D eigenvalue weighted by molar-refractivity contribution is -0.387. The molecule has 3 N–H and O–H groups in total. The van der Waals surface area contributed by atoms with Crippen molar-refractivity contribution >= 4 is 17.4 Å². The Hall–Kier alpha value is -3.13. The first kappa shape index (κ1) is 17.2. The standard InChI is InChI=1S/C16H13FN2O5/c17-12-8-11(5-6-14(12)19(23)24)15(20)10-3-1-9(2-4-10)7-13(18)16(21)22/h1-6,8,13H,7,18H2,(H,21,22). The molecule has 8 heteroatoms. The molecule has 7 nitrogen and oxygen atoms in total. The van der Waals surface area contributed by atoms with Crippen LogP contribution in [0.3, 0.4) is 0 Å². The van der Waals surface area contributed by atoms with Gasteiger partial charge in [0.25, 0.3) is 0 Å². The van der Waals surface area contributed by atoms with Crippen LogP contribution in [0.2, 0.25) is 0 Å². The summed E-state index contributed by atoms with van der Waals surface area (Å²) in [5, 5.41) is 19.3. The molecule has 0 heterocycles. The third-order valence-corrected chi connectivity index (χ3v) is 3.40. The quantitative estimate of drug-likeness (QED) is 0.473. The van der Waals surface area contributed by atoms with Crippen LogP contribution in [0.15, 0.2) is 42.5 Å². The fourth-order valence-corrected chi connectivity index (χ4v) is 2.10. The van der Waals surface area contributed by atoms with E-state index in [0.717, 1.165) is 12.1 Å². The number of nitro benzene ring substituents is 1. The first-order valence-electron chi connectivity index (χ1n) is 6.85. The summed E-state index contributed by atoms with van der Waals surface area (Å²) < 4.78 is 13.6. The average Bonchev–Trinajstić information content (AvgIpc) is 2.54. The molecule has 1 atom stereocenters. The predicted octanol–water partition coefficient (Wildman–Crippen LogP) is 1.92. The average molecular weight is 332 g/mol. The Morgan fingerprint density at radius 3 is 2.25 bits per heavy atom. The third kappa shape index (κ3) is 3.79. The van der Waals surface area contributed by atoms with Gasteiger partial charge in [0, 0.05) is 17.2 Å². The molecule has 0 aliphatic carbocycles. The smallest absolute Gasteiger partial charge is 0.320 e. The molecular formula is C16H13FN2O5. The lowest BCUT2D eigenvalue weighted by Gasteiger charge is -2.07. The molecule has 0 amide bonds. The monoisotopic (exact) mass is 332 g/mol. The number of nitrogens with zero attached hydrogens (tertiary/aromatic N) is 1. The number of halogens is 1. The van der Waals surface area contributed by atoms with Gasteiger partial charge in [-0.3, -0.25) is 19.7 Å². The van der Waals surface area contributed by atoms with E-state index in [2.05, 4.69) is 0 Å². The molecule has 2 rings (SSSR count). The molecule has 0 bridgehead atoms. The van der Waals surface area contributed by atoms with Crippen LogP contribution in [-0.2, 0) is 11.2 Å². The summed E-state index contributed by atoms with van der Waals surface area (Å²) in [6.45, 7) is 0. The van der Waals surface area contributed by atoms with E-state index in [0.29, 0.717) is 5.56 Å². The molecule has 1 unspecified atom stereocenters. The van der Waals surface area contributed by atoms with Gasteiger partial charge >= 0.3 is 11.7 Å². The van der Waals surface area contributed by atoms with Crippen LogP contribution in [0.1, 0.15) is 21.5 Å². The topological polar surface area (TPSA) is 124 Å². The van der Waals surface area contributed by atoms with E-state index < -0.39 is 34.2 Å². The van der Waals surface area contributed by atoms with E-state index in [1.165, 1.54) is 18.2 Å². The SMILES string of the molecule is NC(Cc1ccc(C(=O)c2ccc([N+](=O)[O-])c(F)c2)cc1)C(=O)O. The van der Waals surface area contributed by atoms with Gasteiger partial charge in [0.1, 0.15) is 6.04 Å². The summed E-state index contributed by atoms with van der Waals surface area (Å²) in [6.07, 6.45) is 0.107. The second-order valence-electron chi connectivity index (χ2n) is 5.10. The molecule has 0 fully saturated rings. The number of aliphatic carboxylic acids is 1. The number of nitro groups is 1. The van der Waals surface area contributed by atoms with Crippen LogP contribution in [0.5, 0.6) is 0 Å². The summed E-state index contributed by atoms with van der Waals surface area (Å²) >= 11 is 0. The number of benzene rings is 2. The molecule has 0 aromatic heterocycles. The summed E-state index contributed by atoms with van der Waals surface area (Å²) in [5.41, 5.74) is 5.59. The maximum absolute atomic E-state index is 13.6. The van der Waals surface area contributed by atoms with Crippen molar-refractivity contribution in [2.45, 2.75) is 12.5 Å². The van der Waals surface area contributed by atoms with Gasteiger partial charge in [0.2, 0.25) is 5.82 Å². The Morgan fingerprint density at radius 2 is 1.75 bits per heavy atom. The van der Waals surface area contributed by atoms with Gasteiger partial charge in [0.05, 0.1) is 4.92 Å². The Morgan fingerprint density at radius 1 is 1.17 bits per heavy atom. The molecule has 24 heavy (non-hydrogen) atoms. The highest BCUT2D eigenvalue weighted by Gasteiger charge is 2.18. The van der Waals surface area contributed by atoms with E-state index in [1.807, 2.05) is 0 Å². The molecule has 124 valence electrons. The number of carbonyl (C=O) groups excluding carboxylic acids is 1. The van der Waals surface area contributed by atoms with Gasteiger partial charge in [0.15, 0.2) is 5.78 Å².